The van der Waals surface area contributed by atoms with Gasteiger partial charge in [0.1, 0.15) is 0 Å². The second-order valence-electron chi connectivity index (χ2n) is 5.20. The first-order valence-electron chi connectivity index (χ1n) is 6.70. The van der Waals surface area contributed by atoms with Crippen LogP contribution in [-0.4, -0.2) is 25.5 Å². The zero-order valence-corrected chi connectivity index (χ0v) is 11.2. The molecule has 1 aromatic carbocycles. The van der Waals surface area contributed by atoms with Crippen molar-refractivity contribution in [2.45, 2.75) is 37.6 Å². The molecule has 0 radical (unpaired) electrons. The zero-order valence-electron chi connectivity index (χ0n) is 11.2. The quantitative estimate of drug-likeness (QED) is 0.832. The Bertz CT molecular complexity index is 398. The van der Waals surface area contributed by atoms with Crippen LogP contribution in [0.25, 0.3) is 0 Å². The van der Waals surface area contributed by atoms with Crippen LogP contribution in [0.3, 0.4) is 0 Å². The number of carbonyl (C=O) groups excluding carboxylic acids is 1. The van der Waals surface area contributed by atoms with Crippen LogP contribution in [-0.2, 0) is 10.2 Å². The van der Waals surface area contributed by atoms with Gasteiger partial charge < -0.3 is 10.6 Å². The third kappa shape index (κ3) is 2.41. The smallest absolute Gasteiger partial charge is 0.230 e. The van der Waals surface area contributed by atoms with Crippen molar-refractivity contribution in [2.75, 3.05) is 13.6 Å². The molecule has 0 bridgehead atoms. The molecule has 1 fully saturated rings. The number of hydrogen-bond donors (Lipinski definition) is 2. The fourth-order valence-electron chi connectivity index (χ4n) is 2.45. The van der Waals surface area contributed by atoms with E-state index in [1.807, 2.05) is 25.2 Å². The first kappa shape index (κ1) is 13.1. The first-order valence-corrected chi connectivity index (χ1v) is 6.70. The van der Waals surface area contributed by atoms with Crippen molar-refractivity contribution in [1.82, 2.24) is 10.6 Å². The van der Waals surface area contributed by atoms with Crippen molar-refractivity contribution in [1.29, 1.82) is 0 Å². The zero-order chi connectivity index (χ0) is 13.0. The van der Waals surface area contributed by atoms with Gasteiger partial charge in [-0.25, -0.2) is 0 Å². The fourth-order valence-corrected chi connectivity index (χ4v) is 2.45. The Morgan fingerprint density at radius 2 is 2.00 bits per heavy atom. The van der Waals surface area contributed by atoms with E-state index in [0.717, 1.165) is 24.8 Å². The summed E-state index contributed by atoms with van der Waals surface area (Å²) in [4.78, 5) is 12.4. The summed E-state index contributed by atoms with van der Waals surface area (Å²) in [5.74, 6) is 0.182. The number of carbonyl (C=O) groups is 1. The molecule has 0 aromatic heterocycles. The Labute approximate surface area is 109 Å². The van der Waals surface area contributed by atoms with Crippen LogP contribution in [0, 0.1) is 0 Å². The van der Waals surface area contributed by atoms with E-state index in [-0.39, 0.29) is 11.3 Å². The molecule has 1 aliphatic rings. The van der Waals surface area contributed by atoms with Gasteiger partial charge in [-0.1, -0.05) is 36.8 Å². The summed E-state index contributed by atoms with van der Waals surface area (Å²) in [7, 11) is 1.91. The molecule has 1 unspecified atom stereocenters. The van der Waals surface area contributed by atoms with Gasteiger partial charge in [-0.2, -0.15) is 0 Å². The van der Waals surface area contributed by atoms with E-state index in [4.69, 9.17) is 0 Å². The highest BCUT2D eigenvalue weighted by Crippen LogP contribution is 2.43. The van der Waals surface area contributed by atoms with E-state index in [1.54, 1.807) is 0 Å². The minimum Gasteiger partial charge on any atom is -0.354 e. The first-order chi connectivity index (χ1) is 8.69. The third-order valence-electron chi connectivity index (χ3n) is 4.03. The average molecular weight is 246 g/mol. The van der Waals surface area contributed by atoms with Gasteiger partial charge in [0.25, 0.3) is 0 Å². The summed E-state index contributed by atoms with van der Waals surface area (Å²) in [6.45, 7) is 2.75. The molecule has 2 N–H and O–H groups in total. The maximum absolute atomic E-state index is 12.4. The summed E-state index contributed by atoms with van der Waals surface area (Å²) >= 11 is 0. The average Bonchev–Trinajstić information content (AvgIpc) is 2.36. The van der Waals surface area contributed by atoms with E-state index < -0.39 is 0 Å². The molecule has 1 aromatic rings. The predicted molar refractivity (Wildman–Crippen MR) is 73.5 cm³/mol. The van der Waals surface area contributed by atoms with Crippen LogP contribution in [0.15, 0.2) is 30.3 Å². The fraction of sp³-hybridized carbons (Fsp3) is 0.533. The Morgan fingerprint density at radius 1 is 1.33 bits per heavy atom. The molecular weight excluding hydrogens is 224 g/mol. The largest absolute Gasteiger partial charge is 0.354 e. The highest BCUT2D eigenvalue weighted by molar-refractivity contribution is 5.89. The van der Waals surface area contributed by atoms with Gasteiger partial charge in [-0.15, -0.1) is 0 Å². The Balaban J connectivity index is 2.06. The van der Waals surface area contributed by atoms with Gasteiger partial charge in [0.15, 0.2) is 0 Å². The van der Waals surface area contributed by atoms with E-state index in [9.17, 15) is 4.79 Å². The highest BCUT2D eigenvalue weighted by atomic mass is 16.2. The maximum atomic E-state index is 12.4. The van der Waals surface area contributed by atoms with Crippen LogP contribution in [0.1, 0.15) is 31.7 Å². The summed E-state index contributed by atoms with van der Waals surface area (Å²) in [5, 5.41) is 6.21. The van der Waals surface area contributed by atoms with Crippen molar-refractivity contribution in [2.24, 2.45) is 0 Å². The lowest BCUT2D eigenvalue weighted by Gasteiger charge is -2.41. The van der Waals surface area contributed by atoms with E-state index in [2.05, 4.69) is 29.7 Å². The SMILES string of the molecule is CNC(C)CNC(=O)C1(c2ccccc2)CCC1. The number of likely N-dealkylation sites (N-methyl/N-ethyl adjacent to an activating group) is 1. The predicted octanol–water partition coefficient (Wildman–Crippen LogP) is 1.83. The van der Waals surface area contributed by atoms with Crippen molar-refractivity contribution < 1.29 is 4.79 Å². The molecule has 3 heteroatoms. The number of nitrogens with one attached hydrogen (secondary N) is 2. The van der Waals surface area contributed by atoms with Gasteiger partial charge in [-0.05, 0) is 32.4 Å². The molecule has 3 nitrogen and oxygen atoms in total. The molecule has 0 heterocycles. The second-order valence-corrected chi connectivity index (χ2v) is 5.20. The van der Waals surface area contributed by atoms with Gasteiger partial charge in [-0.3, -0.25) is 4.79 Å². The molecule has 98 valence electrons. The van der Waals surface area contributed by atoms with Crippen LogP contribution in [0.5, 0.6) is 0 Å². The van der Waals surface area contributed by atoms with E-state index in [1.165, 1.54) is 0 Å². The third-order valence-corrected chi connectivity index (χ3v) is 4.03. The number of rotatable bonds is 5. The summed E-state index contributed by atoms with van der Waals surface area (Å²) < 4.78 is 0. The van der Waals surface area contributed by atoms with Crippen molar-refractivity contribution >= 4 is 5.91 Å². The minimum atomic E-state index is -0.269. The normalized spacial score (nSPS) is 18.8. The molecule has 0 saturated heterocycles. The van der Waals surface area contributed by atoms with Crippen LogP contribution in [0.2, 0.25) is 0 Å². The second kappa shape index (κ2) is 5.53. The lowest BCUT2D eigenvalue weighted by molar-refractivity contribution is -0.130. The van der Waals surface area contributed by atoms with Crippen LogP contribution >= 0.6 is 0 Å². The molecule has 0 aliphatic heterocycles. The Morgan fingerprint density at radius 3 is 2.50 bits per heavy atom. The number of amides is 1. The monoisotopic (exact) mass is 246 g/mol. The van der Waals surface area contributed by atoms with Gasteiger partial charge >= 0.3 is 0 Å². The topological polar surface area (TPSA) is 41.1 Å². The summed E-state index contributed by atoms with van der Waals surface area (Å²) in [6.07, 6.45) is 3.08. The molecule has 0 spiro atoms. The van der Waals surface area contributed by atoms with Crippen LogP contribution < -0.4 is 10.6 Å². The van der Waals surface area contributed by atoms with Gasteiger partial charge in [0, 0.05) is 12.6 Å². The highest BCUT2D eigenvalue weighted by Gasteiger charge is 2.45. The van der Waals surface area contributed by atoms with Crippen molar-refractivity contribution in [3.63, 3.8) is 0 Å². The Hall–Kier alpha value is -1.35. The number of benzene rings is 1. The summed E-state index contributed by atoms with van der Waals surface area (Å²) in [5.41, 5.74) is 0.889. The number of hydrogen-bond acceptors (Lipinski definition) is 2. The summed E-state index contributed by atoms with van der Waals surface area (Å²) in [6, 6.07) is 10.5. The Kier molecular flexibility index (Phi) is 4.02. The molecule has 1 saturated carbocycles. The lowest BCUT2D eigenvalue weighted by Crippen LogP contribution is -2.51. The van der Waals surface area contributed by atoms with Crippen LogP contribution in [0.4, 0.5) is 0 Å². The van der Waals surface area contributed by atoms with E-state index in [0.29, 0.717) is 12.6 Å². The minimum absolute atomic E-state index is 0.182. The van der Waals surface area contributed by atoms with Crippen molar-refractivity contribution in [3.8, 4) is 0 Å². The molecule has 1 amide bonds. The lowest BCUT2D eigenvalue weighted by atomic mass is 9.64. The standard InChI is InChI=1S/C15H22N2O/c1-12(16-2)11-17-14(18)15(9-6-10-15)13-7-4-3-5-8-13/h3-5,7-8,12,16H,6,9-11H2,1-2H3,(H,17,18). The van der Waals surface area contributed by atoms with Crippen molar-refractivity contribution in [3.05, 3.63) is 35.9 Å². The molecule has 1 atom stereocenters. The maximum Gasteiger partial charge on any atom is 0.230 e. The molecular formula is C15H22N2O. The van der Waals surface area contributed by atoms with E-state index >= 15 is 0 Å². The molecule has 1 aliphatic carbocycles. The van der Waals surface area contributed by atoms with Gasteiger partial charge in [0.2, 0.25) is 5.91 Å². The molecule has 18 heavy (non-hydrogen) atoms. The van der Waals surface area contributed by atoms with Gasteiger partial charge in [0.05, 0.1) is 5.41 Å². The molecule has 2 rings (SSSR count).